The number of aryl methyl sites for hydroxylation is 1. The van der Waals surface area contributed by atoms with E-state index in [1.165, 1.54) is 16.0 Å². The van der Waals surface area contributed by atoms with Crippen LogP contribution in [0.25, 0.3) is 0 Å². The third kappa shape index (κ3) is 4.10. The summed E-state index contributed by atoms with van der Waals surface area (Å²) in [5.74, 6) is 1.35. The van der Waals surface area contributed by atoms with Gasteiger partial charge in [-0.15, -0.1) is 0 Å². The fraction of sp³-hybridized carbons (Fsp3) is 0.526. The van der Waals surface area contributed by atoms with Crippen LogP contribution in [0.5, 0.6) is 5.75 Å². The average Bonchev–Trinajstić information content (AvgIpc) is 3.08. The minimum Gasteiger partial charge on any atom is -0.497 e. The summed E-state index contributed by atoms with van der Waals surface area (Å²) in [5, 5.41) is 4.66. The zero-order chi connectivity index (χ0) is 18.9. The molecule has 1 fully saturated rings. The number of quaternary nitrogens is 1. The molecule has 3 rings (SSSR count). The highest BCUT2D eigenvalue weighted by molar-refractivity contribution is 7.91. The minimum atomic E-state index is -2.91. The van der Waals surface area contributed by atoms with E-state index < -0.39 is 9.84 Å². The van der Waals surface area contributed by atoms with Crippen LogP contribution in [0.4, 0.5) is 0 Å². The van der Waals surface area contributed by atoms with Crippen LogP contribution < -0.4 is 9.64 Å². The molecule has 0 bridgehead atoms. The maximum atomic E-state index is 11.8. The number of aromatic nitrogens is 2. The Kier molecular flexibility index (Phi) is 5.39. The zero-order valence-electron chi connectivity index (χ0n) is 15.9. The Balaban J connectivity index is 1.73. The van der Waals surface area contributed by atoms with Gasteiger partial charge in [-0.3, -0.25) is 4.68 Å². The van der Waals surface area contributed by atoms with E-state index in [4.69, 9.17) is 4.74 Å². The molecule has 1 unspecified atom stereocenters. The SMILES string of the molecule is COc1cccc(C[NH+](C)Cc2c(C)nn([C@@H]3CCS(=O)(=O)C3)c2C)c1. The van der Waals surface area contributed by atoms with E-state index in [0.717, 1.165) is 30.2 Å². The lowest BCUT2D eigenvalue weighted by atomic mass is 10.1. The van der Waals surface area contributed by atoms with E-state index in [9.17, 15) is 8.42 Å². The predicted octanol–water partition coefficient (Wildman–Crippen LogP) is 1.08. The summed E-state index contributed by atoms with van der Waals surface area (Å²) in [7, 11) is 0.931. The van der Waals surface area contributed by atoms with Crippen LogP contribution in [-0.4, -0.2) is 43.9 Å². The van der Waals surface area contributed by atoms with Crippen molar-refractivity contribution in [3.8, 4) is 5.75 Å². The van der Waals surface area contributed by atoms with Crippen molar-refractivity contribution < 1.29 is 18.1 Å². The number of hydrogen-bond acceptors (Lipinski definition) is 4. The van der Waals surface area contributed by atoms with Crippen LogP contribution in [0.15, 0.2) is 24.3 Å². The van der Waals surface area contributed by atoms with E-state index in [1.54, 1.807) is 7.11 Å². The van der Waals surface area contributed by atoms with Crippen LogP contribution in [0.1, 0.15) is 35.0 Å². The van der Waals surface area contributed by atoms with Gasteiger partial charge in [-0.2, -0.15) is 5.10 Å². The summed E-state index contributed by atoms with van der Waals surface area (Å²) in [4.78, 5) is 1.35. The summed E-state index contributed by atoms with van der Waals surface area (Å²) < 4.78 is 30.8. The number of hydrogen-bond donors (Lipinski definition) is 1. The standard InChI is InChI=1S/C19H27N3O3S/c1-14-19(12-21(3)11-16-6-5-7-18(10-16)25-4)15(2)22(20-14)17-8-9-26(23,24)13-17/h5-7,10,17H,8-9,11-13H2,1-4H3/p+1/t17-/m1/s1. The molecule has 0 amide bonds. The zero-order valence-corrected chi connectivity index (χ0v) is 16.8. The van der Waals surface area contributed by atoms with Crippen molar-refractivity contribution in [2.24, 2.45) is 0 Å². The van der Waals surface area contributed by atoms with E-state index >= 15 is 0 Å². The van der Waals surface area contributed by atoms with Gasteiger partial charge in [0.1, 0.15) is 18.8 Å². The molecule has 1 aliphatic rings. The molecule has 142 valence electrons. The molecule has 1 N–H and O–H groups in total. The second-order valence-corrected chi connectivity index (χ2v) is 9.54. The van der Waals surface area contributed by atoms with Gasteiger partial charge in [0.05, 0.1) is 43.0 Å². The number of sulfone groups is 1. The molecule has 6 nitrogen and oxygen atoms in total. The number of rotatable bonds is 6. The van der Waals surface area contributed by atoms with E-state index in [0.29, 0.717) is 6.42 Å². The van der Waals surface area contributed by atoms with Gasteiger partial charge in [-0.1, -0.05) is 12.1 Å². The van der Waals surface area contributed by atoms with Crippen molar-refractivity contribution in [3.05, 3.63) is 46.8 Å². The quantitative estimate of drug-likeness (QED) is 0.817. The maximum Gasteiger partial charge on any atom is 0.152 e. The van der Waals surface area contributed by atoms with E-state index in [-0.39, 0.29) is 17.5 Å². The van der Waals surface area contributed by atoms with Crippen molar-refractivity contribution in [2.45, 2.75) is 39.4 Å². The van der Waals surface area contributed by atoms with Gasteiger partial charge in [0.2, 0.25) is 0 Å². The van der Waals surface area contributed by atoms with Gasteiger partial charge < -0.3 is 9.64 Å². The van der Waals surface area contributed by atoms with Crippen LogP contribution in [0.2, 0.25) is 0 Å². The molecule has 2 heterocycles. The normalized spacial score (nSPS) is 20.2. The molecule has 1 aromatic carbocycles. The van der Waals surface area contributed by atoms with Gasteiger partial charge in [0.15, 0.2) is 9.84 Å². The molecule has 0 aliphatic carbocycles. The lowest BCUT2D eigenvalue weighted by Crippen LogP contribution is -3.06. The molecule has 2 aromatic rings. The first kappa shape index (κ1) is 18.9. The van der Waals surface area contributed by atoms with Crippen LogP contribution in [0, 0.1) is 13.8 Å². The third-order valence-corrected chi connectivity index (χ3v) is 6.90. The smallest absolute Gasteiger partial charge is 0.152 e. The fourth-order valence-electron chi connectivity index (χ4n) is 3.77. The largest absolute Gasteiger partial charge is 0.497 e. The lowest BCUT2D eigenvalue weighted by molar-refractivity contribution is -0.907. The number of nitrogens with one attached hydrogen (secondary N) is 1. The number of methoxy groups -OCH3 is 1. The second kappa shape index (κ2) is 7.40. The number of nitrogens with zero attached hydrogens (tertiary/aromatic N) is 2. The molecule has 26 heavy (non-hydrogen) atoms. The fourth-order valence-corrected chi connectivity index (χ4v) is 5.46. The Bertz CT molecular complexity index is 889. The topological polar surface area (TPSA) is 65.6 Å². The van der Waals surface area contributed by atoms with Gasteiger partial charge in [0.25, 0.3) is 0 Å². The molecule has 1 saturated heterocycles. The molecular weight excluding hydrogens is 350 g/mol. The Morgan fingerprint density at radius 3 is 2.73 bits per heavy atom. The number of ether oxygens (including phenoxy) is 1. The predicted molar refractivity (Wildman–Crippen MR) is 101 cm³/mol. The van der Waals surface area contributed by atoms with Gasteiger partial charge in [-0.25, -0.2) is 8.42 Å². The second-order valence-electron chi connectivity index (χ2n) is 7.31. The van der Waals surface area contributed by atoms with Crippen LogP contribution in [0.3, 0.4) is 0 Å². The number of benzene rings is 1. The van der Waals surface area contributed by atoms with E-state index in [2.05, 4.69) is 31.2 Å². The summed E-state index contributed by atoms with van der Waals surface area (Å²) in [6.07, 6.45) is 0.663. The van der Waals surface area contributed by atoms with Crippen LogP contribution in [-0.2, 0) is 22.9 Å². The summed E-state index contributed by atoms with van der Waals surface area (Å²) in [6.45, 7) is 5.81. The first-order valence-corrected chi connectivity index (χ1v) is 10.8. The molecule has 7 heteroatoms. The molecular formula is C19H28N3O3S+. The van der Waals surface area contributed by atoms with Crippen molar-refractivity contribution in [1.29, 1.82) is 0 Å². The monoisotopic (exact) mass is 378 g/mol. The van der Waals surface area contributed by atoms with Crippen molar-refractivity contribution in [3.63, 3.8) is 0 Å². The lowest BCUT2D eigenvalue weighted by Gasteiger charge is -2.16. The van der Waals surface area contributed by atoms with Crippen molar-refractivity contribution >= 4 is 9.84 Å². The highest BCUT2D eigenvalue weighted by atomic mass is 32.2. The third-order valence-electron chi connectivity index (χ3n) is 5.15. The Labute approximate surface area is 155 Å². The highest BCUT2D eigenvalue weighted by Gasteiger charge is 2.31. The Morgan fingerprint density at radius 2 is 2.08 bits per heavy atom. The first-order chi connectivity index (χ1) is 12.3. The summed E-state index contributed by atoms with van der Waals surface area (Å²) in [5.41, 5.74) is 4.53. The Morgan fingerprint density at radius 1 is 1.31 bits per heavy atom. The molecule has 0 spiro atoms. The first-order valence-electron chi connectivity index (χ1n) is 8.98. The van der Waals surface area contributed by atoms with Crippen molar-refractivity contribution in [2.75, 3.05) is 25.7 Å². The highest BCUT2D eigenvalue weighted by Crippen LogP contribution is 2.26. The molecule has 2 atom stereocenters. The maximum absolute atomic E-state index is 11.8. The molecule has 1 aliphatic heterocycles. The van der Waals surface area contributed by atoms with Crippen LogP contribution >= 0.6 is 0 Å². The van der Waals surface area contributed by atoms with Gasteiger partial charge in [0, 0.05) is 11.3 Å². The molecule has 0 saturated carbocycles. The minimum absolute atomic E-state index is 0.0221. The Hall–Kier alpha value is -1.86. The van der Waals surface area contributed by atoms with Gasteiger partial charge >= 0.3 is 0 Å². The average molecular weight is 379 g/mol. The molecule has 1 aromatic heterocycles. The molecule has 0 radical (unpaired) electrons. The summed E-state index contributed by atoms with van der Waals surface area (Å²) in [6, 6.07) is 8.11. The van der Waals surface area contributed by atoms with Crippen molar-refractivity contribution in [1.82, 2.24) is 9.78 Å². The summed E-state index contributed by atoms with van der Waals surface area (Å²) >= 11 is 0. The van der Waals surface area contributed by atoms with Gasteiger partial charge in [-0.05, 0) is 32.4 Å². The van der Waals surface area contributed by atoms with E-state index in [1.807, 2.05) is 23.7 Å².